The van der Waals surface area contributed by atoms with E-state index in [0.717, 1.165) is 17.5 Å². The smallest absolute Gasteiger partial charge is 0.163 e. The van der Waals surface area contributed by atoms with Crippen LogP contribution in [-0.4, -0.2) is 6.61 Å². The number of hydrogen-bond donors (Lipinski definition) is 1. The third-order valence-corrected chi connectivity index (χ3v) is 2.66. The molecule has 0 unspecified atom stereocenters. The Labute approximate surface area is 111 Å². The molecule has 0 aromatic heterocycles. The Morgan fingerprint density at radius 1 is 1.11 bits per heavy atom. The second-order valence-corrected chi connectivity index (χ2v) is 4.03. The van der Waals surface area contributed by atoms with E-state index in [2.05, 4.69) is 5.32 Å². The van der Waals surface area contributed by atoms with Gasteiger partial charge in [0.2, 0.25) is 0 Å². The van der Waals surface area contributed by atoms with Crippen molar-refractivity contribution >= 4 is 5.69 Å². The number of ether oxygens (including phenoxy) is 1. The van der Waals surface area contributed by atoms with Gasteiger partial charge in [-0.15, -0.1) is 0 Å². The van der Waals surface area contributed by atoms with Gasteiger partial charge in [0.15, 0.2) is 11.6 Å². The number of rotatable bonds is 5. The fourth-order valence-corrected chi connectivity index (χ4v) is 1.74. The molecular formula is C15H15F2NO. The van der Waals surface area contributed by atoms with Crippen molar-refractivity contribution in [2.45, 2.75) is 13.5 Å². The van der Waals surface area contributed by atoms with Crippen LogP contribution in [0, 0.1) is 11.6 Å². The van der Waals surface area contributed by atoms with Crippen LogP contribution in [0.2, 0.25) is 0 Å². The summed E-state index contributed by atoms with van der Waals surface area (Å²) in [5.74, 6) is -0.898. The Bertz CT molecular complexity index is 558. The van der Waals surface area contributed by atoms with Gasteiger partial charge in [0, 0.05) is 23.9 Å². The summed E-state index contributed by atoms with van der Waals surface area (Å²) < 4.78 is 31.9. The van der Waals surface area contributed by atoms with Crippen LogP contribution in [0.15, 0.2) is 42.5 Å². The largest absolute Gasteiger partial charge is 0.494 e. The third-order valence-electron chi connectivity index (χ3n) is 2.66. The molecule has 2 aromatic carbocycles. The van der Waals surface area contributed by atoms with Gasteiger partial charge in [-0.1, -0.05) is 18.2 Å². The molecule has 0 saturated heterocycles. The van der Waals surface area contributed by atoms with Crippen molar-refractivity contribution in [1.29, 1.82) is 0 Å². The van der Waals surface area contributed by atoms with E-state index >= 15 is 0 Å². The quantitative estimate of drug-likeness (QED) is 0.881. The molecule has 4 heteroatoms. The second-order valence-electron chi connectivity index (χ2n) is 4.03. The van der Waals surface area contributed by atoms with Gasteiger partial charge >= 0.3 is 0 Å². The summed E-state index contributed by atoms with van der Waals surface area (Å²) in [6, 6.07) is 11.5. The Balaban J connectivity index is 2.06. The average Bonchev–Trinajstić information content (AvgIpc) is 2.41. The van der Waals surface area contributed by atoms with Crippen molar-refractivity contribution in [1.82, 2.24) is 0 Å². The first-order chi connectivity index (χ1) is 9.20. The van der Waals surface area contributed by atoms with Crippen molar-refractivity contribution in [2.24, 2.45) is 0 Å². The molecule has 100 valence electrons. The molecule has 0 spiro atoms. The van der Waals surface area contributed by atoms with Crippen LogP contribution in [-0.2, 0) is 6.54 Å². The molecule has 0 saturated carbocycles. The van der Waals surface area contributed by atoms with Crippen LogP contribution in [0.3, 0.4) is 0 Å². The van der Waals surface area contributed by atoms with Crippen LogP contribution in [0.4, 0.5) is 14.5 Å². The number of anilines is 1. The number of benzene rings is 2. The molecule has 0 atom stereocenters. The van der Waals surface area contributed by atoms with Gasteiger partial charge < -0.3 is 10.1 Å². The summed E-state index contributed by atoms with van der Waals surface area (Å²) in [7, 11) is 0. The van der Waals surface area contributed by atoms with E-state index < -0.39 is 11.6 Å². The van der Waals surface area contributed by atoms with Crippen LogP contribution in [0.1, 0.15) is 12.5 Å². The molecule has 0 heterocycles. The summed E-state index contributed by atoms with van der Waals surface area (Å²) in [6.45, 7) is 2.71. The number of nitrogens with one attached hydrogen (secondary N) is 1. The number of hydrogen-bond acceptors (Lipinski definition) is 2. The minimum Gasteiger partial charge on any atom is -0.494 e. The molecule has 0 radical (unpaired) electrons. The topological polar surface area (TPSA) is 21.3 Å². The van der Waals surface area contributed by atoms with E-state index in [1.807, 2.05) is 31.2 Å². The van der Waals surface area contributed by atoms with E-state index in [0.29, 0.717) is 12.2 Å². The lowest BCUT2D eigenvalue weighted by molar-refractivity contribution is 0.340. The average molecular weight is 263 g/mol. The van der Waals surface area contributed by atoms with Crippen molar-refractivity contribution < 1.29 is 13.5 Å². The van der Waals surface area contributed by atoms with Crippen LogP contribution >= 0.6 is 0 Å². The maximum atomic E-state index is 13.5. The molecule has 0 aliphatic rings. The van der Waals surface area contributed by atoms with Crippen molar-refractivity contribution in [2.75, 3.05) is 11.9 Å². The zero-order chi connectivity index (χ0) is 13.7. The zero-order valence-corrected chi connectivity index (χ0v) is 10.6. The normalized spacial score (nSPS) is 10.3. The van der Waals surface area contributed by atoms with Gasteiger partial charge in [-0.05, 0) is 25.1 Å². The standard InChI is InChI=1S/C15H15F2NO/c1-2-19-13-7-4-6-12(9-13)18-10-11-5-3-8-14(16)15(11)17/h3-9,18H,2,10H2,1H3. The molecular weight excluding hydrogens is 248 g/mol. The molecule has 19 heavy (non-hydrogen) atoms. The molecule has 0 aliphatic heterocycles. The Morgan fingerprint density at radius 3 is 2.68 bits per heavy atom. The summed E-state index contributed by atoms with van der Waals surface area (Å²) in [4.78, 5) is 0. The molecule has 1 N–H and O–H groups in total. The predicted octanol–water partition coefficient (Wildman–Crippen LogP) is 3.98. The maximum Gasteiger partial charge on any atom is 0.163 e. The fraction of sp³-hybridized carbons (Fsp3) is 0.200. The molecule has 0 aliphatic carbocycles. The molecule has 2 nitrogen and oxygen atoms in total. The number of halogens is 2. The third kappa shape index (κ3) is 3.44. The van der Waals surface area contributed by atoms with Gasteiger partial charge in [-0.3, -0.25) is 0 Å². The SMILES string of the molecule is CCOc1cccc(NCc2cccc(F)c2F)c1. The van der Waals surface area contributed by atoms with E-state index in [4.69, 9.17) is 4.74 Å². The molecule has 0 fully saturated rings. The van der Waals surface area contributed by atoms with Crippen LogP contribution in [0.25, 0.3) is 0 Å². The lowest BCUT2D eigenvalue weighted by Gasteiger charge is -2.09. The Morgan fingerprint density at radius 2 is 1.89 bits per heavy atom. The summed E-state index contributed by atoms with van der Waals surface area (Å²) >= 11 is 0. The van der Waals surface area contributed by atoms with Crippen LogP contribution < -0.4 is 10.1 Å². The van der Waals surface area contributed by atoms with E-state index in [-0.39, 0.29) is 6.54 Å². The first kappa shape index (κ1) is 13.3. The highest BCUT2D eigenvalue weighted by Gasteiger charge is 2.07. The molecule has 0 bridgehead atoms. The first-order valence-corrected chi connectivity index (χ1v) is 6.10. The van der Waals surface area contributed by atoms with E-state index in [9.17, 15) is 8.78 Å². The second kappa shape index (κ2) is 6.18. The monoisotopic (exact) mass is 263 g/mol. The predicted molar refractivity (Wildman–Crippen MR) is 71.3 cm³/mol. The van der Waals surface area contributed by atoms with Gasteiger partial charge in [0.05, 0.1) is 6.61 Å². The lowest BCUT2D eigenvalue weighted by Crippen LogP contribution is -2.03. The van der Waals surface area contributed by atoms with E-state index in [1.165, 1.54) is 6.07 Å². The highest BCUT2D eigenvalue weighted by molar-refractivity contribution is 5.48. The summed E-state index contributed by atoms with van der Waals surface area (Å²) in [5, 5.41) is 3.04. The molecule has 2 rings (SSSR count). The molecule has 0 amide bonds. The highest BCUT2D eigenvalue weighted by atomic mass is 19.2. The van der Waals surface area contributed by atoms with Gasteiger partial charge in [-0.25, -0.2) is 8.78 Å². The van der Waals surface area contributed by atoms with Gasteiger partial charge in [0.1, 0.15) is 5.75 Å². The Hall–Kier alpha value is -2.10. The lowest BCUT2D eigenvalue weighted by atomic mass is 10.2. The van der Waals surface area contributed by atoms with Gasteiger partial charge in [0.25, 0.3) is 0 Å². The zero-order valence-electron chi connectivity index (χ0n) is 10.6. The first-order valence-electron chi connectivity index (χ1n) is 6.10. The highest BCUT2D eigenvalue weighted by Crippen LogP contribution is 2.19. The van der Waals surface area contributed by atoms with Crippen molar-refractivity contribution in [3.05, 3.63) is 59.7 Å². The minimum absolute atomic E-state index is 0.221. The van der Waals surface area contributed by atoms with Crippen molar-refractivity contribution in [3.8, 4) is 5.75 Å². The molecule has 2 aromatic rings. The van der Waals surface area contributed by atoms with Gasteiger partial charge in [-0.2, -0.15) is 0 Å². The Kier molecular flexibility index (Phi) is 4.34. The van der Waals surface area contributed by atoms with Crippen molar-refractivity contribution in [3.63, 3.8) is 0 Å². The summed E-state index contributed by atoms with van der Waals surface area (Å²) in [6.07, 6.45) is 0. The fourth-order valence-electron chi connectivity index (χ4n) is 1.74. The minimum atomic E-state index is -0.831. The van der Waals surface area contributed by atoms with Crippen LogP contribution in [0.5, 0.6) is 5.75 Å². The summed E-state index contributed by atoms with van der Waals surface area (Å²) in [5.41, 5.74) is 1.09. The maximum absolute atomic E-state index is 13.5. The van der Waals surface area contributed by atoms with E-state index in [1.54, 1.807) is 6.07 Å².